The van der Waals surface area contributed by atoms with Crippen molar-refractivity contribution in [2.24, 2.45) is 5.92 Å². The van der Waals surface area contributed by atoms with E-state index in [2.05, 4.69) is 24.1 Å². The maximum atomic E-state index is 12.4. The van der Waals surface area contributed by atoms with Gasteiger partial charge in [-0.15, -0.1) is 0 Å². The van der Waals surface area contributed by atoms with Gasteiger partial charge in [-0.2, -0.15) is 4.39 Å². The monoisotopic (exact) mass is 182 g/mol. The Labute approximate surface area is 78.2 Å². The molecule has 0 aromatic carbocycles. The molecule has 3 heteroatoms. The number of halogens is 1. The molecule has 1 atom stereocenters. The zero-order valence-electron chi connectivity index (χ0n) is 8.05. The van der Waals surface area contributed by atoms with Crippen molar-refractivity contribution >= 4 is 5.69 Å². The van der Waals surface area contributed by atoms with Gasteiger partial charge >= 0.3 is 0 Å². The van der Waals surface area contributed by atoms with Crippen molar-refractivity contribution in [3.63, 3.8) is 0 Å². The first-order valence-electron chi connectivity index (χ1n) is 4.57. The van der Waals surface area contributed by atoms with E-state index in [1.807, 2.05) is 0 Å². The molecule has 1 heterocycles. The van der Waals surface area contributed by atoms with E-state index in [1.54, 1.807) is 6.07 Å². The van der Waals surface area contributed by atoms with Gasteiger partial charge in [-0.05, 0) is 18.1 Å². The van der Waals surface area contributed by atoms with Crippen LogP contribution in [0.15, 0.2) is 18.3 Å². The Morgan fingerprint density at radius 2 is 2.31 bits per heavy atom. The SMILES string of the molecule is CCC(C)CNc1ccc(F)nc1. The molecule has 0 aliphatic carbocycles. The van der Waals surface area contributed by atoms with Gasteiger partial charge in [0.15, 0.2) is 0 Å². The van der Waals surface area contributed by atoms with Crippen LogP contribution in [0.2, 0.25) is 0 Å². The molecule has 0 bridgehead atoms. The van der Waals surface area contributed by atoms with Crippen LogP contribution >= 0.6 is 0 Å². The van der Waals surface area contributed by atoms with E-state index in [4.69, 9.17) is 0 Å². The minimum Gasteiger partial charge on any atom is -0.384 e. The second-order valence-corrected chi connectivity index (χ2v) is 3.26. The van der Waals surface area contributed by atoms with Crippen LogP contribution < -0.4 is 5.32 Å². The van der Waals surface area contributed by atoms with Crippen molar-refractivity contribution in [1.29, 1.82) is 0 Å². The third-order valence-corrected chi connectivity index (χ3v) is 2.08. The van der Waals surface area contributed by atoms with Crippen LogP contribution in [-0.4, -0.2) is 11.5 Å². The van der Waals surface area contributed by atoms with E-state index < -0.39 is 5.95 Å². The van der Waals surface area contributed by atoms with E-state index in [0.717, 1.165) is 18.7 Å². The van der Waals surface area contributed by atoms with Gasteiger partial charge in [0.25, 0.3) is 0 Å². The molecular formula is C10H15FN2. The van der Waals surface area contributed by atoms with E-state index in [-0.39, 0.29) is 0 Å². The summed E-state index contributed by atoms with van der Waals surface area (Å²) < 4.78 is 12.4. The molecule has 13 heavy (non-hydrogen) atoms. The van der Waals surface area contributed by atoms with Gasteiger partial charge in [-0.3, -0.25) is 0 Å². The molecule has 0 spiro atoms. The third kappa shape index (κ3) is 3.40. The molecule has 0 amide bonds. The molecule has 0 saturated carbocycles. The van der Waals surface area contributed by atoms with E-state index in [9.17, 15) is 4.39 Å². The van der Waals surface area contributed by atoms with E-state index >= 15 is 0 Å². The molecule has 0 radical (unpaired) electrons. The summed E-state index contributed by atoms with van der Waals surface area (Å²) in [4.78, 5) is 3.55. The van der Waals surface area contributed by atoms with Gasteiger partial charge in [0.2, 0.25) is 5.95 Å². The maximum absolute atomic E-state index is 12.4. The van der Waals surface area contributed by atoms with E-state index in [0.29, 0.717) is 5.92 Å². The highest BCUT2D eigenvalue weighted by Gasteiger charge is 1.98. The van der Waals surface area contributed by atoms with Crippen molar-refractivity contribution < 1.29 is 4.39 Å². The molecule has 0 fully saturated rings. The van der Waals surface area contributed by atoms with Crippen molar-refractivity contribution in [1.82, 2.24) is 4.98 Å². The molecular weight excluding hydrogens is 167 g/mol. The highest BCUT2D eigenvalue weighted by Crippen LogP contribution is 2.07. The minimum atomic E-state index is -0.436. The van der Waals surface area contributed by atoms with Crippen LogP contribution in [-0.2, 0) is 0 Å². The van der Waals surface area contributed by atoms with Crippen LogP contribution in [0, 0.1) is 11.9 Å². The molecule has 72 valence electrons. The topological polar surface area (TPSA) is 24.9 Å². The second-order valence-electron chi connectivity index (χ2n) is 3.26. The summed E-state index contributed by atoms with van der Waals surface area (Å²) in [5.41, 5.74) is 0.877. The van der Waals surface area contributed by atoms with Gasteiger partial charge in [0, 0.05) is 6.54 Å². The number of rotatable bonds is 4. The van der Waals surface area contributed by atoms with Gasteiger partial charge in [0.1, 0.15) is 0 Å². The summed E-state index contributed by atoms with van der Waals surface area (Å²) in [7, 11) is 0. The summed E-state index contributed by atoms with van der Waals surface area (Å²) in [5, 5.41) is 3.19. The third-order valence-electron chi connectivity index (χ3n) is 2.08. The van der Waals surface area contributed by atoms with Crippen molar-refractivity contribution in [2.75, 3.05) is 11.9 Å². The molecule has 1 aromatic rings. The Hall–Kier alpha value is -1.12. The fourth-order valence-electron chi connectivity index (χ4n) is 0.917. The summed E-state index contributed by atoms with van der Waals surface area (Å²) in [6.45, 7) is 5.23. The minimum absolute atomic E-state index is 0.436. The lowest BCUT2D eigenvalue weighted by Gasteiger charge is -2.10. The smallest absolute Gasteiger partial charge is 0.212 e. The largest absolute Gasteiger partial charge is 0.384 e. The lowest BCUT2D eigenvalue weighted by Crippen LogP contribution is -2.10. The number of pyridine rings is 1. The van der Waals surface area contributed by atoms with Crippen LogP contribution in [0.5, 0.6) is 0 Å². The molecule has 2 nitrogen and oxygen atoms in total. The molecule has 1 N–H and O–H groups in total. The Balaban J connectivity index is 2.41. The Bertz CT molecular complexity index is 246. The highest BCUT2D eigenvalue weighted by molar-refractivity contribution is 5.39. The lowest BCUT2D eigenvalue weighted by atomic mass is 10.1. The molecule has 1 aromatic heterocycles. The lowest BCUT2D eigenvalue weighted by molar-refractivity contribution is 0.581. The first-order valence-corrected chi connectivity index (χ1v) is 4.57. The maximum Gasteiger partial charge on any atom is 0.212 e. The van der Waals surface area contributed by atoms with Gasteiger partial charge in [-0.25, -0.2) is 4.98 Å². The summed E-state index contributed by atoms with van der Waals surface area (Å²) >= 11 is 0. The predicted octanol–water partition coefficient (Wildman–Crippen LogP) is 2.68. The van der Waals surface area contributed by atoms with Gasteiger partial charge in [-0.1, -0.05) is 20.3 Å². The Morgan fingerprint density at radius 3 is 2.85 bits per heavy atom. The number of nitrogens with zero attached hydrogens (tertiary/aromatic N) is 1. The number of nitrogens with one attached hydrogen (secondary N) is 1. The second kappa shape index (κ2) is 4.80. The van der Waals surface area contributed by atoms with Crippen LogP contribution in [0.3, 0.4) is 0 Å². The average Bonchev–Trinajstić information content (AvgIpc) is 2.16. The fourth-order valence-corrected chi connectivity index (χ4v) is 0.917. The highest BCUT2D eigenvalue weighted by atomic mass is 19.1. The summed E-state index contributed by atoms with van der Waals surface area (Å²) in [5.74, 6) is 0.194. The molecule has 1 unspecified atom stereocenters. The molecule has 1 rings (SSSR count). The zero-order valence-corrected chi connectivity index (χ0v) is 8.05. The number of anilines is 1. The van der Waals surface area contributed by atoms with Crippen LogP contribution in [0.4, 0.5) is 10.1 Å². The van der Waals surface area contributed by atoms with Crippen molar-refractivity contribution in [3.8, 4) is 0 Å². The first kappa shape index (κ1) is 9.96. The van der Waals surface area contributed by atoms with Gasteiger partial charge < -0.3 is 5.32 Å². The Morgan fingerprint density at radius 1 is 1.54 bits per heavy atom. The molecule has 0 aliphatic rings. The number of hydrogen-bond acceptors (Lipinski definition) is 2. The predicted molar refractivity (Wildman–Crippen MR) is 52.1 cm³/mol. The van der Waals surface area contributed by atoms with E-state index in [1.165, 1.54) is 12.3 Å². The van der Waals surface area contributed by atoms with Gasteiger partial charge in [0.05, 0.1) is 11.9 Å². The van der Waals surface area contributed by atoms with Crippen molar-refractivity contribution in [2.45, 2.75) is 20.3 Å². The summed E-state index contributed by atoms with van der Waals surface area (Å²) in [6.07, 6.45) is 2.65. The first-order chi connectivity index (χ1) is 6.22. The number of aromatic nitrogens is 1. The Kier molecular flexibility index (Phi) is 3.68. The quantitative estimate of drug-likeness (QED) is 0.724. The zero-order chi connectivity index (χ0) is 9.68. The van der Waals surface area contributed by atoms with Crippen LogP contribution in [0.1, 0.15) is 20.3 Å². The molecule has 0 saturated heterocycles. The van der Waals surface area contributed by atoms with Crippen LogP contribution in [0.25, 0.3) is 0 Å². The summed E-state index contributed by atoms with van der Waals surface area (Å²) in [6, 6.07) is 3.06. The van der Waals surface area contributed by atoms with Crippen molar-refractivity contribution in [3.05, 3.63) is 24.3 Å². The number of hydrogen-bond donors (Lipinski definition) is 1. The average molecular weight is 182 g/mol. The standard InChI is InChI=1S/C10H15FN2/c1-3-8(2)6-12-9-4-5-10(11)13-7-9/h4-5,7-8,12H,3,6H2,1-2H3. The fraction of sp³-hybridized carbons (Fsp3) is 0.500. The normalized spacial score (nSPS) is 12.5. The molecule has 0 aliphatic heterocycles.